The molecule has 0 bridgehead atoms. The standard InChI is InChI=1S/C21H20N2O3/c1-4-7-15-10-16(12-19(25-2)20(15)26-3)21(24)23-17-11-14-8-5-6-9-18(14)22-13-17/h4-13H,1-3H3,(H,23,24)/b7-4+. The zero-order valence-electron chi connectivity index (χ0n) is 14.9. The van der Waals surface area contributed by atoms with Gasteiger partial charge in [-0.2, -0.15) is 0 Å². The van der Waals surface area contributed by atoms with Gasteiger partial charge in [-0.15, -0.1) is 0 Å². The number of carbonyl (C=O) groups is 1. The van der Waals surface area contributed by atoms with E-state index in [1.807, 2.05) is 49.4 Å². The summed E-state index contributed by atoms with van der Waals surface area (Å²) in [7, 11) is 3.12. The summed E-state index contributed by atoms with van der Waals surface area (Å²) in [6, 6.07) is 13.1. The molecule has 5 nitrogen and oxygen atoms in total. The predicted molar refractivity (Wildman–Crippen MR) is 104 cm³/mol. The molecule has 0 aliphatic heterocycles. The molecule has 3 rings (SSSR count). The number of methoxy groups -OCH3 is 2. The number of nitrogens with zero attached hydrogens (tertiary/aromatic N) is 1. The van der Waals surface area contributed by atoms with Crippen molar-refractivity contribution in [2.45, 2.75) is 6.92 Å². The monoisotopic (exact) mass is 348 g/mol. The largest absolute Gasteiger partial charge is 0.493 e. The molecule has 1 heterocycles. The lowest BCUT2D eigenvalue weighted by molar-refractivity contribution is 0.102. The zero-order chi connectivity index (χ0) is 18.5. The first-order valence-electron chi connectivity index (χ1n) is 8.21. The van der Waals surface area contributed by atoms with E-state index in [0.29, 0.717) is 22.7 Å². The van der Waals surface area contributed by atoms with Gasteiger partial charge in [-0.25, -0.2) is 0 Å². The molecule has 0 spiro atoms. The summed E-state index contributed by atoms with van der Waals surface area (Å²) in [6.45, 7) is 1.90. The SMILES string of the molecule is C/C=C/c1cc(C(=O)Nc2cnc3ccccc3c2)cc(OC)c1OC. The number of pyridine rings is 1. The Kier molecular flexibility index (Phi) is 5.17. The van der Waals surface area contributed by atoms with Gasteiger partial charge in [-0.1, -0.05) is 30.4 Å². The third kappa shape index (κ3) is 3.52. The highest BCUT2D eigenvalue weighted by molar-refractivity contribution is 6.05. The average molecular weight is 348 g/mol. The van der Waals surface area contributed by atoms with Crippen molar-refractivity contribution in [1.29, 1.82) is 0 Å². The van der Waals surface area contributed by atoms with Crippen LogP contribution < -0.4 is 14.8 Å². The van der Waals surface area contributed by atoms with Gasteiger partial charge in [0.25, 0.3) is 5.91 Å². The Balaban J connectivity index is 1.94. The number of allylic oxidation sites excluding steroid dienone is 1. The van der Waals surface area contributed by atoms with Crippen LogP contribution in [0.1, 0.15) is 22.8 Å². The van der Waals surface area contributed by atoms with Crippen LogP contribution >= 0.6 is 0 Å². The summed E-state index contributed by atoms with van der Waals surface area (Å²) < 4.78 is 10.8. The summed E-state index contributed by atoms with van der Waals surface area (Å²) in [4.78, 5) is 17.1. The molecule has 1 amide bonds. The number of fused-ring (bicyclic) bond motifs is 1. The van der Waals surface area contributed by atoms with Gasteiger partial charge in [0.1, 0.15) is 0 Å². The first-order chi connectivity index (χ1) is 12.7. The molecule has 1 aromatic heterocycles. The maximum absolute atomic E-state index is 12.7. The van der Waals surface area contributed by atoms with E-state index < -0.39 is 0 Å². The maximum Gasteiger partial charge on any atom is 0.255 e. The molecule has 0 radical (unpaired) electrons. The van der Waals surface area contributed by atoms with E-state index in [0.717, 1.165) is 16.5 Å². The van der Waals surface area contributed by atoms with Gasteiger partial charge in [-0.05, 0) is 31.2 Å². The third-order valence-corrected chi connectivity index (χ3v) is 3.96. The van der Waals surface area contributed by atoms with Crippen LogP contribution in [0.15, 0.2) is 54.7 Å². The molecular formula is C21H20N2O3. The van der Waals surface area contributed by atoms with E-state index in [-0.39, 0.29) is 5.91 Å². The van der Waals surface area contributed by atoms with E-state index >= 15 is 0 Å². The second-order valence-corrected chi connectivity index (χ2v) is 5.67. The molecule has 0 saturated carbocycles. The van der Waals surface area contributed by atoms with Crippen molar-refractivity contribution in [3.8, 4) is 11.5 Å². The fourth-order valence-corrected chi connectivity index (χ4v) is 2.77. The number of rotatable bonds is 5. The van der Waals surface area contributed by atoms with E-state index in [1.165, 1.54) is 0 Å². The highest BCUT2D eigenvalue weighted by atomic mass is 16.5. The number of para-hydroxylation sites is 1. The molecule has 0 fully saturated rings. The van der Waals surface area contributed by atoms with E-state index in [2.05, 4.69) is 10.3 Å². The van der Waals surface area contributed by atoms with Crippen LogP contribution in [0.25, 0.3) is 17.0 Å². The lowest BCUT2D eigenvalue weighted by Crippen LogP contribution is -2.13. The van der Waals surface area contributed by atoms with Crippen LogP contribution in [0.5, 0.6) is 11.5 Å². The van der Waals surface area contributed by atoms with Gasteiger partial charge >= 0.3 is 0 Å². The minimum absolute atomic E-state index is 0.242. The number of anilines is 1. The molecule has 132 valence electrons. The average Bonchev–Trinajstić information content (AvgIpc) is 2.67. The van der Waals surface area contributed by atoms with E-state index in [1.54, 1.807) is 32.5 Å². The third-order valence-electron chi connectivity index (χ3n) is 3.96. The summed E-state index contributed by atoms with van der Waals surface area (Å²) in [6.07, 6.45) is 5.40. The van der Waals surface area contributed by atoms with Crippen molar-refractivity contribution in [2.75, 3.05) is 19.5 Å². The van der Waals surface area contributed by atoms with Gasteiger partial charge in [0.2, 0.25) is 0 Å². The summed E-state index contributed by atoms with van der Waals surface area (Å²) in [5.74, 6) is 0.855. The number of carbonyl (C=O) groups excluding carboxylic acids is 1. The molecule has 0 atom stereocenters. The first kappa shape index (κ1) is 17.5. The summed E-state index contributed by atoms with van der Waals surface area (Å²) in [5, 5.41) is 3.85. The molecule has 1 N–H and O–H groups in total. The van der Waals surface area contributed by atoms with Crippen LogP contribution in [0.2, 0.25) is 0 Å². The maximum atomic E-state index is 12.7. The smallest absolute Gasteiger partial charge is 0.255 e. The molecule has 3 aromatic rings. The number of aromatic nitrogens is 1. The van der Waals surface area contributed by atoms with Gasteiger partial charge in [0.15, 0.2) is 11.5 Å². The lowest BCUT2D eigenvalue weighted by Gasteiger charge is -2.13. The first-order valence-corrected chi connectivity index (χ1v) is 8.21. The molecule has 0 saturated heterocycles. The van der Waals surface area contributed by atoms with Crippen LogP contribution in [-0.4, -0.2) is 25.1 Å². The summed E-state index contributed by atoms with van der Waals surface area (Å²) in [5.41, 5.74) is 2.77. The quantitative estimate of drug-likeness (QED) is 0.735. The Morgan fingerprint density at radius 3 is 2.65 bits per heavy atom. The van der Waals surface area contributed by atoms with Crippen LogP contribution in [0.3, 0.4) is 0 Å². The Morgan fingerprint density at radius 2 is 1.92 bits per heavy atom. The molecule has 5 heteroatoms. The molecule has 26 heavy (non-hydrogen) atoms. The lowest BCUT2D eigenvalue weighted by atomic mass is 10.1. The van der Waals surface area contributed by atoms with Crippen molar-refractivity contribution in [2.24, 2.45) is 0 Å². The van der Waals surface area contributed by atoms with Crippen LogP contribution in [-0.2, 0) is 0 Å². The van der Waals surface area contributed by atoms with E-state index in [9.17, 15) is 4.79 Å². The Bertz CT molecular complexity index is 980. The number of nitrogens with one attached hydrogen (secondary N) is 1. The highest BCUT2D eigenvalue weighted by Gasteiger charge is 2.15. The number of hydrogen-bond donors (Lipinski definition) is 1. The van der Waals surface area contributed by atoms with Gasteiger partial charge in [0.05, 0.1) is 31.6 Å². The predicted octanol–water partition coefficient (Wildman–Crippen LogP) is 4.54. The highest BCUT2D eigenvalue weighted by Crippen LogP contribution is 2.33. The molecule has 2 aromatic carbocycles. The summed E-state index contributed by atoms with van der Waals surface area (Å²) >= 11 is 0. The van der Waals surface area contributed by atoms with Crippen molar-refractivity contribution in [1.82, 2.24) is 4.98 Å². The number of ether oxygens (including phenoxy) is 2. The number of amides is 1. The normalized spacial score (nSPS) is 10.9. The van der Waals surface area contributed by atoms with Crippen molar-refractivity contribution in [3.63, 3.8) is 0 Å². The topological polar surface area (TPSA) is 60.5 Å². The van der Waals surface area contributed by atoms with E-state index in [4.69, 9.17) is 9.47 Å². The van der Waals surface area contributed by atoms with Crippen molar-refractivity contribution >= 4 is 28.6 Å². The van der Waals surface area contributed by atoms with Gasteiger partial charge in [-0.3, -0.25) is 9.78 Å². The fraction of sp³-hybridized carbons (Fsp3) is 0.143. The molecular weight excluding hydrogens is 328 g/mol. The Labute approximate surface area is 152 Å². The fourth-order valence-electron chi connectivity index (χ4n) is 2.77. The van der Waals surface area contributed by atoms with Crippen molar-refractivity contribution < 1.29 is 14.3 Å². The van der Waals surface area contributed by atoms with Crippen molar-refractivity contribution in [3.05, 3.63) is 65.9 Å². The minimum Gasteiger partial charge on any atom is -0.493 e. The number of benzene rings is 2. The van der Waals surface area contributed by atoms with Gasteiger partial charge in [0, 0.05) is 16.5 Å². The molecule has 0 unspecified atom stereocenters. The molecule has 0 aliphatic rings. The Hall–Kier alpha value is -3.34. The zero-order valence-corrected chi connectivity index (χ0v) is 14.9. The number of hydrogen-bond acceptors (Lipinski definition) is 4. The second-order valence-electron chi connectivity index (χ2n) is 5.67. The Morgan fingerprint density at radius 1 is 1.12 bits per heavy atom. The second kappa shape index (κ2) is 7.70. The van der Waals surface area contributed by atoms with Crippen LogP contribution in [0.4, 0.5) is 5.69 Å². The minimum atomic E-state index is -0.242. The van der Waals surface area contributed by atoms with Crippen LogP contribution in [0, 0.1) is 0 Å². The molecule has 0 aliphatic carbocycles. The van der Waals surface area contributed by atoms with Gasteiger partial charge < -0.3 is 14.8 Å².